The largest absolute Gasteiger partial charge is 0.385 e. The van der Waals surface area contributed by atoms with Gasteiger partial charge in [-0.15, -0.1) is 0 Å². The van der Waals surface area contributed by atoms with Crippen molar-refractivity contribution in [2.24, 2.45) is 5.92 Å². The molecule has 4 rings (SSSR count). The zero-order chi connectivity index (χ0) is 17.1. The Labute approximate surface area is 151 Å². The van der Waals surface area contributed by atoms with E-state index in [1.54, 1.807) is 5.57 Å². The first-order valence-corrected chi connectivity index (χ1v) is 10.0. The maximum atomic E-state index is 10.8. The van der Waals surface area contributed by atoms with Gasteiger partial charge in [0.2, 0.25) is 0 Å². The Hall–Kier alpha value is -1.16. The molecule has 0 amide bonds. The van der Waals surface area contributed by atoms with E-state index in [9.17, 15) is 5.11 Å². The molecule has 2 saturated heterocycles. The third kappa shape index (κ3) is 4.52. The lowest BCUT2D eigenvalue weighted by atomic mass is 9.86. The number of hydrogen-bond acceptors (Lipinski definition) is 3. The monoisotopic (exact) mass is 341 g/mol. The molecular formula is C22H31NO2. The highest BCUT2D eigenvalue weighted by atomic mass is 16.5. The number of hydrogen-bond donors (Lipinski definition) is 1. The van der Waals surface area contributed by atoms with Crippen LogP contribution in [-0.4, -0.2) is 42.9 Å². The second-order valence-corrected chi connectivity index (χ2v) is 8.17. The zero-order valence-electron chi connectivity index (χ0n) is 15.3. The van der Waals surface area contributed by atoms with E-state index in [-0.39, 0.29) is 0 Å². The van der Waals surface area contributed by atoms with E-state index in [2.05, 4.69) is 35.2 Å². The molecule has 3 aliphatic rings. The number of benzene rings is 1. The van der Waals surface area contributed by atoms with Crippen molar-refractivity contribution in [1.29, 1.82) is 0 Å². The lowest BCUT2D eigenvalue weighted by molar-refractivity contribution is -0.0679. The van der Waals surface area contributed by atoms with Gasteiger partial charge in [-0.3, -0.25) is 0 Å². The van der Waals surface area contributed by atoms with Gasteiger partial charge in [0, 0.05) is 39.1 Å². The first-order chi connectivity index (χ1) is 12.2. The summed E-state index contributed by atoms with van der Waals surface area (Å²) in [6, 6.07) is 8.55. The summed E-state index contributed by atoms with van der Waals surface area (Å²) in [5.74, 6) is 0.995. The van der Waals surface area contributed by atoms with Crippen LogP contribution in [0.15, 0.2) is 29.8 Å². The summed E-state index contributed by atoms with van der Waals surface area (Å²) in [5.41, 5.74) is 3.19. The van der Waals surface area contributed by atoms with Gasteiger partial charge in [0.15, 0.2) is 0 Å². The molecule has 1 saturated carbocycles. The Bertz CT molecular complexity index is 597. The van der Waals surface area contributed by atoms with Crippen molar-refractivity contribution in [2.75, 3.05) is 32.8 Å². The molecule has 3 heteroatoms. The SMILES string of the molecule is OC1(c2ccc(C=C3CCCN(CC4CC4)CC3)cc2)CCOCC1. The quantitative estimate of drug-likeness (QED) is 0.900. The lowest BCUT2D eigenvalue weighted by Crippen LogP contribution is -2.33. The molecule has 1 N–H and O–H groups in total. The van der Waals surface area contributed by atoms with Crippen molar-refractivity contribution in [1.82, 2.24) is 4.90 Å². The van der Waals surface area contributed by atoms with Gasteiger partial charge in [0.1, 0.15) is 0 Å². The third-order valence-electron chi connectivity index (χ3n) is 6.07. The fraction of sp³-hybridized carbons (Fsp3) is 0.636. The fourth-order valence-electron chi connectivity index (χ4n) is 4.18. The maximum Gasteiger partial charge on any atom is 0.0940 e. The molecule has 25 heavy (non-hydrogen) atoms. The lowest BCUT2D eigenvalue weighted by Gasteiger charge is -2.32. The predicted molar refractivity (Wildman–Crippen MR) is 101 cm³/mol. The van der Waals surface area contributed by atoms with Crippen LogP contribution >= 0.6 is 0 Å². The molecule has 0 radical (unpaired) electrons. The van der Waals surface area contributed by atoms with Crippen LogP contribution in [0.3, 0.4) is 0 Å². The highest BCUT2D eigenvalue weighted by Gasteiger charge is 2.31. The highest BCUT2D eigenvalue weighted by molar-refractivity contribution is 5.53. The van der Waals surface area contributed by atoms with Crippen molar-refractivity contribution in [3.8, 4) is 0 Å². The van der Waals surface area contributed by atoms with Crippen LogP contribution in [0.4, 0.5) is 0 Å². The average molecular weight is 341 g/mol. The van der Waals surface area contributed by atoms with Crippen molar-refractivity contribution in [3.63, 3.8) is 0 Å². The van der Waals surface area contributed by atoms with Crippen molar-refractivity contribution in [2.45, 2.75) is 50.5 Å². The summed E-state index contributed by atoms with van der Waals surface area (Å²) in [7, 11) is 0. The molecule has 2 aliphatic heterocycles. The number of ether oxygens (including phenoxy) is 1. The molecule has 1 aromatic carbocycles. The van der Waals surface area contributed by atoms with Crippen molar-refractivity contribution in [3.05, 3.63) is 41.0 Å². The summed E-state index contributed by atoms with van der Waals surface area (Å²) >= 11 is 0. The smallest absolute Gasteiger partial charge is 0.0940 e. The molecule has 136 valence electrons. The molecule has 2 heterocycles. The Balaban J connectivity index is 1.38. The van der Waals surface area contributed by atoms with E-state index in [4.69, 9.17) is 4.74 Å². The Morgan fingerprint density at radius 3 is 2.56 bits per heavy atom. The average Bonchev–Trinajstić information content (AvgIpc) is 3.46. The van der Waals surface area contributed by atoms with E-state index >= 15 is 0 Å². The number of aliphatic hydroxyl groups is 1. The van der Waals surface area contributed by atoms with Gasteiger partial charge in [0.25, 0.3) is 0 Å². The summed E-state index contributed by atoms with van der Waals surface area (Å²) in [6.07, 6.45) is 10.4. The Morgan fingerprint density at radius 1 is 1.08 bits per heavy atom. The van der Waals surface area contributed by atoms with Crippen molar-refractivity contribution < 1.29 is 9.84 Å². The predicted octanol–water partition coefficient (Wildman–Crippen LogP) is 3.96. The zero-order valence-corrected chi connectivity index (χ0v) is 15.3. The molecule has 3 fully saturated rings. The minimum atomic E-state index is -0.699. The van der Waals surface area contributed by atoms with Gasteiger partial charge in [-0.2, -0.15) is 0 Å². The van der Waals surface area contributed by atoms with Gasteiger partial charge in [-0.05, 0) is 55.7 Å². The van der Waals surface area contributed by atoms with E-state index in [0.717, 1.165) is 11.5 Å². The van der Waals surface area contributed by atoms with Crippen LogP contribution in [0.25, 0.3) is 6.08 Å². The van der Waals surface area contributed by atoms with Crippen LogP contribution in [0, 0.1) is 5.92 Å². The van der Waals surface area contributed by atoms with Crippen LogP contribution < -0.4 is 0 Å². The first kappa shape index (κ1) is 17.3. The van der Waals surface area contributed by atoms with Gasteiger partial charge in [-0.25, -0.2) is 0 Å². The summed E-state index contributed by atoms with van der Waals surface area (Å²) in [5, 5.41) is 10.8. The molecule has 1 aromatic rings. The maximum absolute atomic E-state index is 10.8. The first-order valence-electron chi connectivity index (χ1n) is 10.0. The van der Waals surface area contributed by atoms with E-state index in [0.29, 0.717) is 26.1 Å². The van der Waals surface area contributed by atoms with E-state index in [1.165, 1.54) is 57.3 Å². The molecule has 0 bridgehead atoms. The molecule has 0 unspecified atom stereocenters. The Kier molecular flexibility index (Phi) is 5.25. The third-order valence-corrected chi connectivity index (χ3v) is 6.07. The second-order valence-electron chi connectivity index (χ2n) is 8.17. The van der Waals surface area contributed by atoms with Crippen LogP contribution in [-0.2, 0) is 10.3 Å². The highest BCUT2D eigenvalue weighted by Crippen LogP contribution is 2.33. The number of nitrogens with zero attached hydrogens (tertiary/aromatic N) is 1. The summed E-state index contributed by atoms with van der Waals surface area (Å²) in [4.78, 5) is 2.67. The number of rotatable bonds is 4. The summed E-state index contributed by atoms with van der Waals surface area (Å²) in [6.45, 7) is 5.12. The minimum Gasteiger partial charge on any atom is -0.385 e. The Morgan fingerprint density at radius 2 is 1.84 bits per heavy atom. The minimum absolute atomic E-state index is 0.652. The van der Waals surface area contributed by atoms with Gasteiger partial charge in [-0.1, -0.05) is 35.9 Å². The number of likely N-dealkylation sites (tertiary alicyclic amines) is 1. The fourth-order valence-corrected chi connectivity index (χ4v) is 4.18. The molecule has 3 nitrogen and oxygen atoms in total. The van der Waals surface area contributed by atoms with Crippen molar-refractivity contribution >= 4 is 6.08 Å². The standard InChI is InChI=1S/C22H31NO2/c24-22(10-14-25-15-11-22)21-7-5-19(6-8-21)16-18-2-1-12-23(13-9-18)17-20-3-4-20/h5-8,16,20,24H,1-4,9-15,17H2. The topological polar surface area (TPSA) is 32.7 Å². The van der Waals surface area contributed by atoms with E-state index < -0.39 is 5.60 Å². The molecule has 1 aliphatic carbocycles. The van der Waals surface area contributed by atoms with E-state index in [1.807, 2.05) is 0 Å². The molecular weight excluding hydrogens is 310 g/mol. The molecule has 0 aromatic heterocycles. The van der Waals surface area contributed by atoms with Crippen LogP contribution in [0.5, 0.6) is 0 Å². The summed E-state index contributed by atoms with van der Waals surface area (Å²) < 4.78 is 5.39. The van der Waals surface area contributed by atoms with Gasteiger partial charge >= 0.3 is 0 Å². The second kappa shape index (κ2) is 7.61. The molecule has 0 spiro atoms. The van der Waals surface area contributed by atoms with Gasteiger partial charge < -0.3 is 14.7 Å². The van der Waals surface area contributed by atoms with Crippen LogP contribution in [0.2, 0.25) is 0 Å². The van der Waals surface area contributed by atoms with Gasteiger partial charge in [0.05, 0.1) is 5.60 Å². The molecule has 0 atom stereocenters. The normalized spacial score (nSPS) is 26.5. The van der Waals surface area contributed by atoms with Crippen LogP contribution in [0.1, 0.15) is 56.1 Å².